The van der Waals surface area contributed by atoms with Gasteiger partial charge in [0.25, 0.3) is 5.91 Å². The normalized spacial score (nSPS) is 15.7. The first-order chi connectivity index (χ1) is 12.8. The van der Waals surface area contributed by atoms with Crippen LogP contribution in [0.4, 0.5) is 0 Å². The van der Waals surface area contributed by atoms with E-state index in [-0.39, 0.29) is 5.91 Å². The Morgan fingerprint density at radius 2 is 1.70 bits per heavy atom. The molecule has 0 atom stereocenters. The lowest BCUT2D eigenvalue weighted by molar-refractivity contribution is -0.126. The number of nitrogens with zero attached hydrogens (tertiary/aromatic N) is 2. The summed E-state index contributed by atoms with van der Waals surface area (Å²) < 4.78 is 0. The van der Waals surface area contributed by atoms with Gasteiger partial charge in [0.05, 0.1) is 5.54 Å². The lowest BCUT2D eigenvalue weighted by atomic mass is 9.90. The Morgan fingerprint density at radius 1 is 1.11 bits per heavy atom. The van der Waals surface area contributed by atoms with E-state index in [1.165, 1.54) is 0 Å². The van der Waals surface area contributed by atoms with E-state index in [0.29, 0.717) is 33.4 Å². The van der Waals surface area contributed by atoms with Gasteiger partial charge in [-0.15, -0.1) is 0 Å². The molecule has 0 aliphatic carbocycles. The third-order valence-corrected chi connectivity index (χ3v) is 5.27. The Balaban J connectivity index is 1.99. The van der Waals surface area contributed by atoms with E-state index in [4.69, 9.17) is 23.2 Å². The Morgan fingerprint density at radius 3 is 2.26 bits per heavy atom. The molecule has 0 unspecified atom stereocenters. The van der Waals surface area contributed by atoms with Crippen LogP contribution in [0.25, 0.3) is 5.57 Å². The second-order valence-corrected chi connectivity index (χ2v) is 7.95. The quantitative estimate of drug-likeness (QED) is 0.430. The first kappa shape index (κ1) is 19.5. The highest BCUT2D eigenvalue weighted by atomic mass is 35.5. The van der Waals surface area contributed by atoms with Crippen molar-refractivity contribution in [3.8, 4) is 0 Å². The Bertz CT molecular complexity index is 930. The van der Waals surface area contributed by atoms with Crippen LogP contribution in [0.15, 0.2) is 59.3 Å². The number of rotatable bonds is 4. The minimum atomic E-state index is -0.877. The van der Waals surface area contributed by atoms with Crippen molar-refractivity contribution in [2.75, 3.05) is 6.54 Å². The molecule has 1 heterocycles. The number of amides is 1. The van der Waals surface area contributed by atoms with Crippen LogP contribution in [0.3, 0.4) is 0 Å². The first-order valence-corrected chi connectivity index (χ1v) is 9.27. The fourth-order valence-electron chi connectivity index (χ4n) is 3.48. The van der Waals surface area contributed by atoms with Gasteiger partial charge in [0.1, 0.15) is 5.71 Å². The Hall–Kier alpha value is -2.30. The van der Waals surface area contributed by atoms with Gasteiger partial charge < -0.3 is 10.1 Å². The van der Waals surface area contributed by atoms with Crippen LogP contribution in [0.2, 0.25) is 10.0 Å². The molecule has 2 aromatic rings. The number of benzene rings is 2. The van der Waals surface area contributed by atoms with Crippen LogP contribution in [0.5, 0.6) is 0 Å². The van der Waals surface area contributed by atoms with Gasteiger partial charge in [0, 0.05) is 27.7 Å². The summed E-state index contributed by atoms with van der Waals surface area (Å²) in [6.07, 6.45) is 0. The van der Waals surface area contributed by atoms with E-state index in [1.807, 2.05) is 51.1 Å². The first-order valence-electron chi connectivity index (χ1n) is 8.52. The number of halogens is 2. The smallest absolute Gasteiger partial charge is 0.255 e. The van der Waals surface area contributed by atoms with E-state index in [9.17, 15) is 10.0 Å². The van der Waals surface area contributed by atoms with E-state index >= 15 is 0 Å². The predicted octanol–water partition coefficient (Wildman–Crippen LogP) is 5.27. The summed E-state index contributed by atoms with van der Waals surface area (Å²) in [5.41, 5.74) is 2.55. The lowest BCUT2D eigenvalue weighted by Gasteiger charge is -2.36. The molecule has 3 rings (SSSR count). The summed E-state index contributed by atoms with van der Waals surface area (Å²) in [5.74, 6) is -0.0991. The van der Waals surface area contributed by atoms with Crippen molar-refractivity contribution in [2.45, 2.75) is 26.3 Å². The van der Waals surface area contributed by atoms with Crippen LogP contribution < -0.4 is 0 Å². The summed E-state index contributed by atoms with van der Waals surface area (Å²) in [6.45, 7) is 6.08. The van der Waals surface area contributed by atoms with Crippen LogP contribution in [-0.4, -0.2) is 33.8 Å². The molecular formula is C21H20Cl2N2O2. The van der Waals surface area contributed by atoms with Crippen LogP contribution in [0, 0.1) is 0 Å². The van der Waals surface area contributed by atoms with Gasteiger partial charge in [-0.3, -0.25) is 4.79 Å². The molecule has 0 saturated heterocycles. The molecule has 1 aliphatic heterocycles. The van der Waals surface area contributed by atoms with Crippen molar-refractivity contribution in [1.29, 1.82) is 0 Å². The number of hydrogen-bond acceptors (Lipinski definition) is 3. The van der Waals surface area contributed by atoms with Crippen LogP contribution in [-0.2, 0) is 4.79 Å². The van der Waals surface area contributed by atoms with E-state index < -0.39 is 5.54 Å². The van der Waals surface area contributed by atoms with Gasteiger partial charge in [-0.25, -0.2) is 0 Å². The summed E-state index contributed by atoms with van der Waals surface area (Å²) >= 11 is 12.2. The van der Waals surface area contributed by atoms with Gasteiger partial charge in [0.2, 0.25) is 0 Å². The second kappa shape index (κ2) is 7.37. The van der Waals surface area contributed by atoms with Crippen molar-refractivity contribution < 1.29 is 10.0 Å². The average Bonchev–Trinajstić information content (AvgIpc) is 2.90. The van der Waals surface area contributed by atoms with Crippen molar-refractivity contribution in [3.05, 3.63) is 75.3 Å². The maximum atomic E-state index is 13.2. The average molecular weight is 403 g/mol. The summed E-state index contributed by atoms with van der Waals surface area (Å²) in [4.78, 5) is 14.9. The zero-order valence-corrected chi connectivity index (χ0v) is 16.8. The molecule has 1 N–H and O–H groups in total. The van der Waals surface area contributed by atoms with Crippen molar-refractivity contribution in [3.63, 3.8) is 0 Å². The van der Waals surface area contributed by atoms with E-state index in [1.54, 1.807) is 23.1 Å². The van der Waals surface area contributed by atoms with Gasteiger partial charge in [0.15, 0.2) is 0 Å². The summed E-state index contributed by atoms with van der Waals surface area (Å²) in [7, 11) is 0. The van der Waals surface area contributed by atoms with E-state index in [2.05, 4.69) is 5.16 Å². The van der Waals surface area contributed by atoms with Crippen molar-refractivity contribution in [1.82, 2.24) is 4.90 Å². The number of oxime groups is 1. The third kappa shape index (κ3) is 3.60. The molecule has 6 heteroatoms. The SMILES string of the molecule is CC1=C(c2ccccc2)C(=O)N(C(C)(C)C(=NO)c2cc(Cl)cc(Cl)c2)C1. The standard InChI is InChI=1S/C21H20Cl2N2O2/c1-13-12-25(20(26)18(13)14-7-5-4-6-8-14)21(2,3)19(24-27)15-9-16(22)11-17(23)10-15/h4-11,27H,12H2,1-3H3. The third-order valence-electron chi connectivity index (χ3n) is 4.83. The second-order valence-electron chi connectivity index (χ2n) is 7.08. The highest BCUT2D eigenvalue weighted by molar-refractivity contribution is 6.35. The van der Waals surface area contributed by atoms with Gasteiger partial charge in [-0.2, -0.15) is 0 Å². The molecule has 1 aliphatic rings. The largest absolute Gasteiger partial charge is 0.411 e. The molecule has 0 spiro atoms. The molecule has 0 bridgehead atoms. The summed E-state index contributed by atoms with van der Waals surface area (Å²) in [6, 6.07) is 14.5. The number of carbonyl (C=O) groups is 1. The lowest BCUT2D eigenvalue weighted by Crippen LogP contribution is -2.51. The van der Waals surface area contributed by atoms with Gasteiger partial charge in [-0.05, 0) is 50.1 Å². The molecule has 4 nitrogen and oxygen atoms in total. The van der Waals surface area contributed by atoms with E-state index in [0.717, 1.165) is 11.1 Å². The fourth-order valence-corrected chi connectivity index (χ4v) is 4.01. The number of carbonyl (C=O) groups excluding carboxylic acids is 1. The minimum Gasteiger partial charge on any atom is -0.411 e. The van der Waals surface area contributed by atoms with Gasteiger partial charge >= 0.3 is 0 Å². The predicted molar refractivity (Wildman–Crippen MR) is 110 cm³/mol. The Kier molecular flexibility index (Phi) is 5.31. The molecular weight excluding hydrogens is 383 g/mol. The monoisotopic (exact) mass is 402 g/mol. The topological polar surface area (TPSA) is 52.9 Å². The summed E-state index contributed by atoms with van der Waals surface area (Å²) in [5, 5.41) is 14.1. The minimum absolute atomic E-state index is 0.0991. The van der Waals surface area contributed by atoms with Crippen molar-refractivity contribution in [2.24, 2.45) is 5.16 Å². The molecule has 0 saturated carbocycles. The maximum Gasteiger partial charge on any atom is 0.255 e. The van der Waals surface area contributed by atoms with Crippen LogP contribution in [0.1, 0.15) is 31.9 Å². The van der Waals surface area contributed by atoms with Gasteiger partial charge in [-0.1, -0.05) is 58.7 Å². The fraction of sp³-hybridized carbons (Fsp3) is 0.238. The highest BCUT2D eigenvalue weighted by Gasteiger charge is 2.42. The maximum absolute atomic E-state index is 13.2. The molecule has 0 aromatic heterocycles. The molecule has 2 aromatic carbocycles. The molecule has 140 valence electrons. The highest BCUT2D eigenvalue weighted by Crippen LogP contribution is 2.35. The van der Waals surface area contributed by atoms with Crippen LogP contribution >= 0.6 is 23.2 Å². The Labute approximate surface area is 168 Å². The molecule has 1 amide bonds. The zero-order valence-electron chi connectivity index (χ0n) is 15.3. The molecule has 27 heavy (non-hydrogen) atoms. The zero-order chi connectivity index (χ0) is 19.8. The molecule has 0 fully saturated rings. The van der Waals surface area contributed by atoms with Crippen molar-refractivity contribution >= 4 is 40.4 Å². The number of hydrogen-bond donors (Lipinski definition) is 1. The molecule has 0 radical (unpaired) electrons.